The Morgan fingerprint density at radius 2 is 2.36 bits per heavy atom. The second-order valence-electron chi connectivity index (χ2n) is 2.49. The van der Waals surface area contributed by atoms with Gasteiger partial charge in [0.05, 0.1) is 0 Å². The molecule has 0 N–H and O–H groups in total. The van der Waals surface area contributed by atoms with E-state index in [0.29, 0.717) is 5.15 Å². The van der Waals surface area contributed by atoms with E-state index in [-0.39, 0.29) is 0 Å². The van der Waals surface area contributed by atoms with Gasteiger partial charge < -0.3 is 0 Å². The van der Waals surface area contributed by atoms with Gasteiger partial charge in [0, 0.05) is 24.5 Å². The Morgan fingerprint density at radius 3 is 3.27 bits per heavy atom. The first kappa shape index (κ1) is 6.80. The lowest BCUT2D eigenvalue weighted by Crippen LogP contribution is -2.03. The maximum absolute atomic E-state index is 5.72. The lowest BCUT2D eigenvalue weighted by Gasteiger charge is -2.07. The molecule has 1 aromatic heterocycles. The summed E-state index contributed by atoms with van der Waals surface area (Å²) in [6.45, 7) is 0.868. The van der Waals surface area contributed by atoms with Crippen LogP contribution in [-0.2, 0) is 6.42 Å². The van der Waals surface area contributed by atoms with Crippen LogP contribution in [-0.4, -0.2) is 17.7 Å². The fourth-order valence-electron chi connectivity index (χ4n) is 1.16. The molecule has 0 saturated heterocycles. The first-order valence-corrected chi connectivity index (χ1v) is 3.88. The van der Waals surface area contributed by atoms with Crippen LogP contribution in [0.2, 0.25) is 5.15 Å². The molecule has 2 heterocycles. The normalized spacial score (nSPS) is 14.6. The highest BCUT2D eigenvalue weighted by Gasteiger charge is 2.05. The molecule has 0 fully saturated rings. The van der Waals surface area contributed by atoms with Gasteiger partial charge in [0.15, 0.2) is 0 Å². The van der Waals surface area contributed by atoms with E-state index in [4.69, 9.17) is 11.6 Å². The van der Waals surface area contributed by atoms with Gasteiger partial charge in [0.25, 0.3) is 0 Å². The van der Waals surface area contributed by atoms with Crippen LogP contribution in [0.4, 0.5) is 0 Å². The number of nitrogens with zero attached hydrogens (tertiary/aromatic N) is 2. The first-order valence-electron chi connectivity index (χ1n) is 3.50. The molecule has 0 saturated carbocycles. The third-order valence-electron chi connectivity index (χ3n) is 1.73. The van der Waals surface area contributed by atoms with Crippen molar-refractivity contribution in [2.45, 2.75) is 6.42 Å². The third-order valence-corrected chi connectivity index (χ3v) is 1.94. The Morgan fingerprint density at radius 1 is 1.45 bits per heavy atom. The highest BCUT2D eigenvalue weighted by Crippen LogP contribution is 2.14. The molecule has 0 aromatic carbocycles. The van der Waals surface area contributed by atoms with E-state index in [1.165, 1.54) is 5.56 Å². The van der Waals surface area contributed by atoms with Gasteiger partial charge in [-0.2, -0.15) is 0 Å². The quantitative estimate of drug-likeness (QED) is 0.539. The zero-order valence-corrected chi connectivity index (χ0v) is 6.67. The maximum atomic E-state index is 5.72. The Hall–Kier alpha value is -0.890. The van der Waals surface area contributed by atoms with Gasteiger partial charge in [-0.3, -0.25) is 4.99 Å². The summed E-state index contributed by atoms with van der Waals surface area (Å²) in [6.07, 6.45) is 4.59. The largest absolute Gasteiger partial charge is 0.292 e. The average Bonchev–Trinajstić information content (AvgIpc) is 2.04. The fraction of sp³-hybridized carbons (Fsp3) is 0.250. The molecule has 11 heavy (non-hydrogen) atoms. The maximum Gasteiger partial charge on any atom is 0.129 e. The second-order valence-corrected chi connectivity index (χ2v) is 2.88. The highest BCUT2D eigenvalue weighted by atomic mass is 35.5. The Kier molecular flexibility index (Phi) is 1.62. The van der Waals surface area contributed by atoms with Gasteiger partial charge in [-0.1, -0.05) is 11.6 Å². The molecule has 0 atom stereocenters. The summed E-state index contributed by atoms with van der Waals surface area (Å²) in [5.74, 6) is 0. The number of aromatic nitrogens is 1. The average molecular weight is 167 g/mol. The summed E-state index contributed by atoms with van der Waals surface area (Å²) in [7, 11) is 0. The molecule has 2 rings (SSSR count). The van der Waals surface area contributed by atoms with Crippen LogP contribution in [0.1, 0.15) is 11.1 Å². The monoisotopic (exact) mass is 166 g/mol. The van der Waals surface area contributed by atoms with E-state index in [0.717, 1.165) is 18.5 Å². The van der Waals surface area contributed by atoms with Crippen LogP contribution in [0.3, 0.4) is 0 Å². The molecule has 2 nitrogen and oxygen atoms in total. The van der Waals surface area contributed by atoms with Crippen molar-refractivity contribution in [1.82, 2.24) is 4.98 Å². The van der Waals surface area contributed by atoms with Gasteiger partial charge in [0.1, 0.15) is 5.15 Å². The molecule has 56 valence electrons. The summed E-state index contributed by atoms with van der Waals surface area (Å²) in [6, 6.07) is 1.90. The number of aliphatic imine (C=N–C) groups is 1. The Labute approximate surface area is 69.9 Å². The van der Waals surface area contributed by atoms with Crippen molar-refractivity contribution in [2.24, 2.45) is 4.99 Å². The van der Waals surface area contributed by atoms with E-state index < -0.39 is 0 Å². The molecule has 0 unspecified atom stereocenters. The van der Waals surface area contributed by atoms with Crippen molar-refractivity contribution in [3.05, 3.63) is 28.5 Å². The number of hydrogen-bond acceptors (Lipinski definition) is 2. The topological polar surface area (TPSA) is 25.2 Å². The van der Waals surface area contributed by atoms with Gasteiger partial charge in [0.2, 0.25) is 0 Å². The van der Waals surface area contributed by atoms with Crippen molar-refractivity contribution in [2.75, 3.05) is 6.54 Å². The molecular formula is C8H7ClN2. The van der Waals surface area contributed by atoms with E-state index in [1.807, 2.05) is 12.3 Å². The predicted molar refractivity (Wildman–Crippen MR) is 45.4 cm³/mol. The highest BCUT2D eigenvalue weighted by molar-refractivity contribution is 6.29. The molecular weight excluding hydrogens is 160 g/mol. The standard InChI is InChI=1S/C8H7ClN2/c9-8-3-6-1-2-10-4-7(6)5-11-8/h3-5H,1-2H2. The Bertz CT molecular complexity index is 307. The van der Waals surface area contributed by atoms with Crippen molar-refractivity contribution >= 4 is 17.8 Å². The van der Waals surface area contributed by atoms with Gasteiger partial charge >= 0.3 is 0 Å². The van der Waals surface area contributed by atoms with Crippen molar-refractivity contribution < 1.29 is 0 Å². The summed E-state index contributed by atoms with van der Waals surface area (Å²) in [5.41, 5.74) is 2.35. The molecule has 3 heteroatoms. The van der Waals surface area contributed by atoms with Crippen LogP contribution in [0.5, 0.6) is 0 Å². The minimum absolute atomic E-state index is 0.569. The molecule has 0 amide bonds. The van der Waals surface area contributed by atoms with Crippen molar-refractivity contribution in [3.8, 4) is 0 Å². The van der Waals surface area contributed by atoms with Crippen LogP contribution < -0.4 is 0 Å². The smallest absolute Gasteiger partial charge is 0.129 e. The van der Waals surface area contributed by atoms with Crippen LogP contribution >= 0.6 is 11.6 Å². The molecule has 0 bridgehead atoms. The predicted octanol–water partition coefficient (Wildman–Crippen LogP) is 1.71. The molecule has 0 aliphatic carbocycles. The lowest BCUT2D eigenvalue weighted by atomic mass is 10.1. The molecule has 0 radical (unpaired) electrons. The van der Waals surface area contributed by atoms with E-state index in [2.05, 4.69) is 9.98 Å². The summed E-state index contributed by atoms with van der Waals surface area (Å²) in [5, 5.41) is 0.569. The first-order chi connectivity index (χ1) is 5.36. The summed E-state index contributed by atoms with van der Waals surface area (Å²) in [4.78, 5) is 8.11. The van der Waals surface area contributed by atoms with Crippen molar-refractivity contribution in [3.63, 3.8) is 0 Å². The number of rotatable bonds is 0. The number of hydrogen-bond donors (Lipinski definition) is 0. The van der Waals surface area contributed by atoms with Gasteiger partial charge in [-0.05, 0) is 18.1 Å². The molecule has 0 spiro atoms. The SMILES string of the molecule is Clc1cc2c(cn1)C=NCC2. The number of pyridine rings is 1. The molecule has 1 aliphatic heterocycles. The van der Waals surface area contributed by atoms with E-state index in [1.54, 1.807) is 6.20 Å². The van der Waals surface area contributed by atoms with E-state index in [9.17, 15) is 0 Å². The van der Waals surface area contributed by atoms with E-state index >= 15 is 0 Å². The zero-order chi connectivity index (χ0) is 7.68. The number of fused-ring (bicyclic) bond motifs is 1. The fourth-order valence-corrected chi connectivity index (χ4v) is 1.34. The van der Waals surface area contributed by atoms with Crippen LogP contribution in [0, 0.1) is 0 Å². The minimum atomic E-state index is 0.569. The van der Waals surface area contributed by atoms with Gasteiger partial charge in [-0.25, -0.2) is 4.98 Å². The van der Waals surface area contributed by atoms with Crippen LogP contribution in [0.25, 0.3) is 0 Å². The summed E-state index contributed by atoms with van der Waals surface area (Å²) >= 11 is 5.72. The minimum Gasteiger partial charge on any atom is -0.292 e. The summed E-state index contributed by atoms with van der Waals surface area (Å²) < 4.78 is 0. The number of halogens is 1. The lowest BCUT2D eigenvalue weighted by molar-refractivity contribution is 0.946. The molecule has 1 aromatic rings. The Balaban J connectivity index is 2.53. The van der Waals surface area contributed by atoms with Crippen molar-refractivity contribution in [1.29, 1.82) is 0 Å². The molecule has 1 aliphatic rings. The van der Waals surface area contributed by atoms with Crippen LogP contribution in [0.15, 0.2) is 17.3 Å². The van der Waals surface area contributed by atoms with Gasteiger partial charge in [-0.15, -0.1) is 0 Å². The second kappa shape index (κ2) is 2.62. The zero-order valence-electron chi connectivity index (χ0n) is 5.92. The third kappa shape index (κ3) is 1.26.